The van der Waals surface area contributed by atoms with Crippen molar-refractivity contribution in [1.82, 2.24) is 14.9 Å². The molecule has 1 aliphatic heterocycles. The molecule has 152 valence electrons. The lowest BCUT2D eigenvalue weighted by Gasteiger charge is -2.12. The second kappa shape index (κ2) is 9.41. The van der Waals surface area contributed by atoms with E-state index in [-0.39, 0.29) is 29.3 Å². The van der Waals surface area contributed by atoms with Crippen LogP contribution in [0.5, 0.6) is 11.5 Å². The first-order valence-corrected chi connectivity index (χ1v) is 12.2. The van der Waals surface area contributed by atoms with Gasteiger partial charge in [-0.05, 0) is 48.0 Å². The molecule has 0 radical (unpaired) electrons. The van der Waals surface area contributed by atoms with Gasteiger partial charge in [-0.2, -0.15) is 0 Å². The predicted octanol–water partition coefficient (Wildman–Crippen LogP) is 4.63. The van der Waals surface area contributed by atoms with E-state index in [1.54, 1.807) is 18.3 Å². The van der Waals surface area contributed by atoms with Crippen molar-refractivity contribution < 1.29 is 19.4 Å². The monoisotopic (exact) mass is 513 g/mol. The maximum atomic E-state index is 12.1. The predicted molar refractivity (Wildman–Crippen MR) is 119 cm³/mol. The number of benzene rings is 1. The Hall–Kier alpha value is -1.69. The summed E-state index contributed by atoms with van der Waals surface area (Å²) in [7, 11) is 1.44. The first kappa shape index (κ1) is 22.0. The summed E-state index contributed by atoms with van der Waals surface area (Å²) in [4.78, 5) is 33.9. The second-order valence-electron chi connectivity index (χ2n) is 5.76. The Kier molecular flexibility index (Phi) is 7.14. The van der Waals surface area contributed by atoms with Crippen molar-refractivity contribution in [3.05, 3.63) is 38.8 Å². The largest absolute Gasteiger partial charge is 0.504 e. The number of nitrogens with zero attached hydrogens (tertiary/aromatic N) is 3. The van der Waals surface area contributed by atoms with Crippen molar-refractivity contribution in [2.45, 2.75) is 16.8 Å². The third-order valence-corrected chi connectivity index (χ3v) is 6.86. The van der Waals surface area contributed by atoms with E-state index in [2.05, 4.69) is 25.9 Å². The molecule has 1 aliphatic rings. The molecule has 7 nitrogen and oxygen atoms in total. The summed E-state index contributed by atoms with van der Waals surface area (Å²) in [5.41, 5.74) is 1.40. The summed E-state index contributed by atoms with van der Waals surface area (Å²) in [6, 6.07) is 3.10. The van der Waals surface area contributed by atoms with Crippen LogP contribution in [0.3, 0.4) is 0 Å². The number of aromatic nitrogens is 2. The van der Waals surface area contributed by atoms with Gasteiger partial charge in [0.15, 0.2) is 16.7 Å². The maximum Gasteiger partial charge on any atom is 0.293 e. The molecule has 1 saturated heterocycles. The Balaban J connectivity index is 1.85. The summed E-state index contributed by atoms with van der Waals surface area (Å²) in [6.45, 7) is 0.172. The molecule has 0 atom stereocenters. The van der Waals surface area contributed by atoms with Crippen molar-refractivity contribution in [2.24, 2.45) is 0 Å². The van der Waals surface area contributed by atoms with Crippen LogP contribution in [-0.4, -0.2) is 50.7 Å². The Labute approximate surface area is 188 Å². The van der Waals surface area contributed by atoms with E-state index >= 15 is 0 Å². The van der Waals surface area contributed by atoms with Crippen molar-refractivity contribution in [3.63, 3.8) is 0 Å². The summed E-state index contributed by atoms with van der Waals surface area (Å²) in [6.07, 6.45) is 7.13. The number of ether oxygens (including phenoxy) is 1. The molecule has 2 aromatic rings. The van der Waals surface area contributed by atoms with Crippen molar-refractivity contribution >= 4 is 68.4 Å². The van der Waals surface area contributed by atoms with Crippen molar-refractivity contribution in [3.8, 4) is 11.5 Å². The van der Waals surface area contributed by atoms with E-state index in [1.165, 1.54) is 36.6 Å². The number of imide groups is 1. The summed E-state index contributed by atoms with van der Waals surface area (Å²) in [5, 5.41) is 11.4. The van der Waals surface area contributed by atoms with Gasteiger partial charge < -0.3 is 9.84 Å². The molecule has 0 spiro atoms. The highest BCUT2D eigenvalue weighted by Gasteiger charge is 2.32. The van der Waals surface area contributed by atoms with Gasteiger partial charge in [-0.1, -0.05) is 27.7 Å². The minimum absolute atomic E-state index is 0.0509. The van der Waals surface area contributed by atoms with Crippen LogP contribution in [0.1, 0.15) is 11.1 Å². The molecule has 0 aliphatic carbocycles. The Morgan fingerprint density at radius 3 is 2.69 bits per heavy atom. The SMILES string of the molecule is CSc1ncc(COc2cc(/C=C3\SC(=O)N(C)C3=O)c(Br)cc2O)c(SC)n1. The number of hydrogen-bond acceptors (Lipinski definition) is 9. The molecule has 2 amide bonds. The molecule has 1 fully saturated rings. The number of likely N-dealkylation sites (N-methyl/N-ethyl adjacent to an activating group) is 1. The fourth-order valence-electron chi connectivity index (χ4n) is 2.38. The van der Waals surface area contributed by atoms with E-state index in [4.69, 9.17) is 4.74 Å². The molecule has 1 aromatic carbocycles. The van der Waals surface area contributed by atoms with Crippen LogP contribution in [0.25, 0.3) is 6.08 Å². The van der Waals surface area contributed by atoms with E-state index in [0.29, 0.717) is 20.1 Å². The van der Waals surface area contributed by atoms with Gasteiger partial charge in [0, 0.05) is 23.3 Å². The highest BCUT2D eigenvalue weighted by Crippen LogP contribution is 2.37. The van der Waals surface area contributed by atoms with Gasteiger partial charge in [-0.15, -0.1) is 11.8 Å². The van der Waals surface area contributed by atoms with Crippen LogP contribution in [0.4, 0.5) is 4.79 Å². The topological polar surface area (TPSA) is 92.6 Å². The molecule has 1 aromatic heterocycles. The number of phenolic OH excluding ortho intramolecular Hbond substituents is 1. The van der Waals surface area contributed by atoms with E-state index in [9.17, 15) is 14.7 Å². The highest BCUT2D eigenvalue weighted by molar-refractivity contribution is 9.10. The van der Waals surface area contributed by atoms with Crippen LogP contribution in [0, 0.1) is 0 Å². The van der Waals surface area contributed by atoms with Crippen molar-refractivity contribution in [2.75, 3.05) is 19.6 Å². The Morgan fingerprint density at radius 2 is 2.07 bits per heavy atom. The van der Waals surface area contributed by atoms with Gasteiger partial charge in [0.05, 0.1) is 4.91 Å². The zero-order chi connectivity index (χ0) is 21.1. The number of carbonyl (C=O) groups is 2. The van der Waals surface area contributed by atoms with E-state index in [1.807, 2.05) is 12.5 Å². The number of hydrogen-bond donors (Lipinski definition) is 1. The van der Waals surface area contributed by atoms with Gasteiger partial charge in [-0.3, -0.25) is 14.5 Å². The molecule has 29 heavy (non-hydrogen) atoms. The number of aromatic hydroxyl groups is 1. The van der Waals surface area contributed by atoms with Gasteiger partial charge in [-0.25, -0.2) is 9.97 Å². The second-order valence-corrected chi connectivity index (χ2v) is 9.18. The number of rotatable bonds is 6. The first-order chi connectivity index (χ1) is 13.8. The maximum absolute atomic E-state index is 12.1. The third kappa shape index (κ3) is 4.90. The van der Waals surface area contributed by atoms with Crippen LogP contribution >= 0.6 is 51.2 Å². The quantitative estimate of drug-likeness (QED) is 0.256. The number of amides is 2. The Morgan fingerprint density at radius 1 is 1.31 bits per heavy atom. The molecule has 0 unspecified atom stereocenters. The highest BCUT2D eigenvalue weighted by atomic mass is 79.9. The molecule has 3 rings (SSSR count). The lowest BCUT2D eigenvalue weighted by atomic mass is 10.2. The van der Waals surface area contributed by atoms with E-state index in [0.717, 1.165) is 27.3 Å². The van der Waals surface area contributed by atoms with E-state index < -0.39 is 0 Å². The summed E-state index contributed by atoms with van der Waals surface area (Å²) in [5.74, 6) is -0.167. The zero-order valence-corrected chi connectivity index (χ0v) is 19.7. The fourth-order valence-corrected chi connectivity index (χ4v) is 4.59. The molecular weight excluding hydrogens is 498 g/mol. The fraction of sp³-hybridized carbons (Fsp3) is 0.222. The van der Waals surface area contributed by atoms with Crippen LogP contribution in [0.15, 0.2) is 37.9 Å². The number of thioether (sulfide) groups is 3. The lowest BCUT2D eigenvalue weighted by Crippen LogP contribution is -2.22. The number of halogens is 1. The minimum Gasteiger partial charge on any atom is -0.504 e. The average molecular weight is 514 g/mol. The lowest BCUT2D eigenvalue weighted by molar-refractivity contribution is -0.121. The summed E-state index contributed by atoms with van der Waals surface area (Å²) < 4.78 is 6.37. The van der Waals surface area contributed by atoms with Gasteiger partial charge in [0.1, 0.15) is 11.6 Å². The number of phenols is 1. The smallest absolute Gasteiger partial charge is 0.293 e. The third-order valence-electron chi connectivity index (χ3n) is 3.91. The standard InChI is InChI=1S/C18H16BrN3O4S3/c1-22-16(24)14(29-18(22)25)5-9-4-13(12(23)6-11(9)19)26-8-10-7-20-17(28-3)21-15(10)27-2/h4-7,23H,8H2,1-3H3/b14-5-. The molecule has 2 heterocycles. The minimum atomic E-state index is -0.363. The van der Waals surface area contributed by atoms with Gasteiger partial charge in [0.2, 0.25) is 0 Å². The normalized spacial score (nSPS) is 15.4. The molecule has 1 N–H and O–H groups in total. The molecule has 0 bridgehead atoms. The molecular formula is C18H16BrN3O4S3. The number of carbonyl (C=O) groups excluding carboxylic acids is 2. The van der Waals surface area contributed by atoms with Gasteiger partial charge in [0.25, 0.3) is 11.1 Å². The average Bonchev–Trinajstić information content (AvgIpc) is 2.95. The zero-order valence-electron chi connectivity index (χ0n) is 15.6. The van der Waals surface area contributed by atoms with Crippen molar-refractivity contribution in [1.29, 1.82) is 0 Å². The Bertz CT molecular complexity index is 1020. The van der Waals surface area contributed by atoms with Crippen LogP contribution < -0.4 is 4.74 Å². The van der Waals surface area contributed by atoms with Crippen LogP contribution in [-0.2, 0) is 11.4 Å². The molecule has 0 saturated carbocycles. The first-order valence-electron chi connectivity index (χ1n) is 8.14. The van der Waals surface area contributed by atoms with Gasteiger partial charge >= 0.3 is 0 Å². The van der Waals surface area contributed by atoms with Crippen LogP contribution in [0.2, 0.25) is 0 Å². The summed E-state index contributed by atoms with van der Waals surface area (Å²) >= 11 is 7.18. The molecule has 11 heteroatoms.